The van der Waals surface area contributed by atoms with E-state index in [0.29, 0.717) is 26.4 Å². The van der Waals surface area contributed by atoms with Crippen molar-refractivity contribution in [2.75, 3.05) is 52.6 Å². The van der Waals surface area contributed by atoms with Crippen molar-refractivity contribution >= 4 is 31.6 Å². The third kappa shape index (κ3) is 3.85. The van der Waals surface area contributed by atoms with Crippen LogP contribution in [0.25, 0.3) is 0 Å². The van der Waals surface area contributed by atoms with Crippen LogP contribution in [0.1, 0.15) is 0 Å². The molecule has 3 rings (SSSR count). The first-order valence-electron chi connectivity index (χ1n) is 7.79. The number of ether oxygens (including phenoxy) is 2. The van der Waals surface area contributed by atoms with Crippen molar-refractivity contribution in [3.05, 3.63) is 23.2 Å². The van der Waals surface area contributed by atoms with Gasteiger partial charge in [0.15, 0.2) is 0 Å². The Morgan fingerprint density at radius 1 is 0.800 bits per heavy atom. The molecule has 2 aliphatic heterocycles. The fraction of sp³-hybridized carbons (Fsp3) is 0.571. The molecule has 0 amide bonds. The molecule has 0 unspecified atom stereocenters. The quantitative estimate of drug-likeness (QED) is 0.712. The molecule has 11 heteroatoms. The summed E-state index contributed by atoms with van der Waals surface area (Å²) >= 11 is 6.07. The molecule has 140 valence electrons. The highest BCUT2D eigenvalue weighted by Gasteiger charge is 2.32. The van der Waals surface area contributed by atoms with E-state index < -0.39 is 20.0 Å². The van der Waals surface area contributed by atoms with Gasteiger partial charge in [-0.05, 0) is 18.2 Å². The Labute approximate surface area is 152 Å². The van der Waals surface area contributed by atoms with Crippen molar-refractivity contribution in [1.29, 1.82) is 0 Å². The molecular weight excluding hydrogens is 392 g/mol. The molecular formula is C14H19ClN2O6S2. The van der Waals surface area contributed by atoms with E-state index in [-0.39, 0.29) is 41.0 Å². The topological polar surface area (TPSA) is 93.2 Å². The zero-order valence-electron chi connectivity index (χ0n) is 13.4. The third-order valence-corrected chi connectivity index (χ3v) is 8.37. The summed E-state index contributed by atoms with van der Waals surface area (Å²) < 4.78 is 64.0. The first-order chi connectivity index (χ1) is 11.8. The molecule has 0 atom stereocenters. The molecule has 2 saturated heterocycles. The van der Waals surface area contributed by atoms with E-state index in [1.165, 1.54) is 20.7 Å². The van der Waals surface area contributed by atoms with Crippen molar-refractivity contribution in [1.82, 2.24) is 8.61 Å². The van der Waals surface area contributed by atoms with Gasteiger partial charge in [0.1, 0.15) is 4.90 Å². The van der Waals surface area contributed by atoms with Gasteiger partial charge in [0.25, 0.3) is 0 Å². The van der Waals surface area contributed by atoms with Crippen LogP contribution in [0.4, 0.5) is 0 Å². The summed E-state index contributed by atoms with van der Waals surface area (Å²) in [5.74, 6) is 0. The highest BCUT2D eigenvalue weighted by molar-refractivity contribution is 7.90. The van der Waals surface area contributed by atoms with Crippen molar-refractivity contribution in [3.63, 3.8) is 0 Å². The van der Waals surface area contributed by atoms with Crippen molar-refractivity contribution in [3.8, 4) is 0 Å². The maximum Gasteiger partial charge on any atom is 0.244 e. The lowest BCUT2D eigenvalue weighted by Gasteiger charge is -2.28. The zero-order chi connectivity index (χ0) is 18.1. The lowest BCUT2D eigenvalue weighted by Crippen LogP contribution is -2.41. The molecule has 0 bridgehead atoms. The molecule has 0 saturated carbocycles. The van der Waals surface area contributed by atoms with Crippen LogP contribution in [-0.4, -0.2) is 78.1 Å². The summed E-state index contributed by atoms with van der Waals surface area (Å²) in [6.07, 6.45) is 0. The van der Waals surface area contributed by atoms with E-state index in [0.717, 1.165) is 6.07 Å². The Kier molecular flexibility index (Phi) is 5.69. The van der Waals surface area contributed by atoms with Gasteiger partial charge in [-0.2, -0.15) is 8.61 Å². The molecule has 0 aromatic heterocycles. The molecule has 8 nitrogen and oxygen atoms in total. The van der Waals surface area contributed by atoms with Crippen molar-refractivity contribution in [2.45, 2.75) is 9.79 Å². The number of halogens is 1. The summed E-state index contributed by atoms with van der Waals surface area (Å²) in [6, 6.07) is 3.77. The fourth-order valence-corrected chi connectivity index (χ4v) is 6.12. The summed E-state index contributed by atoms with van der Waals surface area (Å²) in [5, 5.41) is -0.00702. The van der Waals surface area contributed by atoms with E-state index in [1.807, 2.05) is 0 Å². The van der Waals surface area contributed by atoms with E-state index >= 15 is 0 Å². The molecule has 0 radical (unpaired) electrons. The molecule has 0 aliphatic carbocycles. The summed E-state index contributed by atoms with van der Waals surface area (Å²) in [5.41, 5.74) is 0. The molecule has 2 heterocycles. The van der Waals surface area contributed by atoms with Gasteiger partial charge in [-0.25, -0.2) is 16.8 Å². The van der Waals surface area contributed by atoms with Gasteiger partial charge < -0.3 is 9.47 Å². The van der Waals surface area contributed by atoms with Crippen molar-refractivity contribution < 1.29 is 26.3 Å². The Balaban J connectivity index is 1.98. The molecule has 0 N–H and O–H groups in total. The predicted molar refractivity (Wildman–Crippen MR) is 90.6 cm³/mol. The van der Waals surface area contributed by atoms with E-state index in [4.69, 9.17) is 21.1 Å². The van der Waals surface area contributed by atoms with Crippen LogP contribution in [0.15, 0.2) is 28.0 Å². The number of rotatable bonds is 4. The minimum Gasteiger partial charge on any atom is -0.379 e. The predicted octanol–water partition coefficient (Wildman–Crippen LogP) is 0.382. The highest BCUT2D eigenvalue weighted by atomic mass is 35.5. The van der Waals surface area contributed by atoms with Crippen molar-refractivity contribution in [2.24, 2.45) is 0 Å². The largest absolute Gasteiger partial charge is 0.379 e. The van der Waals surface area contributed by atoms with E-state index in [9.17, 15) is 16.8 Å². The third-order valence-electron chi connectivity index (χ3n) is 4.10. The summed E-state index contributed by atoms with van der Waals surface area (Å²) in [6.45, 7) is 2.09. The molecule has 25 heavy (non-hydrogen) atoms. The molecule has 0 spiro atoms. The molecule has 2 fully saturated rings. The molecule has 2 aliphatic rings. The van der Waals surface area contributed by atoms with Gasteiger partial charge in [-0.1, -0.05) is 11.6 Å². The maximum absolute atomic E-state index is 12.8. The number of nitrogens with zero attached hydrogens (tertiary/aromatic N) is 2. The minimum absolute atomic E-state index is 0.00702. The SMILES string of the molecule is O=S(=O)(c1ccc(Cl)c(S(=O)(=O)N2CCOCC2)c1)N1CCOCC1. The Hall–Kier alpha value is -0.750. The fourth-order valence-electron chi connectivity index (χ4n) is 2.70. The maximum atomic E-state index is 12.8. The number of morpholine rings is 2. The Morgan fingerprint density at radius 3 is 1.80 bits per heavy atom. The van der Waals surface area contributed by atoms with Gasteiger partial charge in [-0.3, -0.25) is 0 Å². The first-order valence-corrected chi connectivity index (χ1v) is 11.0. The second kappa shape index (κ2) is 7.47. The van der Waals surface area contributed by atoms with Gasteiger partial charge in [0.05, 0.1) is 36.3 Å². The number of hydrogen-bond acceptors (Lipinski definition) is 6. The van der Waals surface area contributed by atoms with E-state index in [1.54, 1.807) is 0 Å². The van der Waals surface area contributed by atoms with E-state index in [2.05, 4.69) is 0 Å². The zero-order valence-corrected chi connectivity index (χ0v) is 15.8. The van der Waals surface area contributed by atoms with Gasteiger partial charge in [0.2, 0.25) is 20.0 Å². The van der Waals surface area contributed by atoms with Gasteiger partial charge in [-0.15, -0.1) is 0 Å². The normalized spacial score (nSPS) is 21.3. The second-order valence-corrected chi connectivity index (χ2v) is 9.88. The average molecular weight is 411 g/mol. The van der Waals surface area contributed by atoms with Gasteiger partial charge in [0, 0.05) is 26.2 Å². The van der Waals surface area contributed by atoms with Crippen LogP contribution in [-0.2, 0) is 29.5 Å². The number of sulfonamides is 2. The standard InChI is InChI=1S/C14H19ClN2O6S2/c15-13-2-1-12(24(18,19)16-3-7-22-8-4-16)11-14(13)25(20,21)17-5-9-23-10-6-17/h1-2,11H,3-10H2. The summed E-state index contributed by atoms with van der Waals surface area (Å²) in [4.78, 5) is -0.295. The molecule has 1 aromatic carbocycles. The minimum atomic E-state index is -3.89. The first kappa shape index (κ1) is 19.0. The summed E-state index contributed by atoms with van der Waals surface area (Å²) in [7, 11) is -7.70. The monoisotopic (exact) mass is 410 g/mol. The van der Waals surface area contributed by atoms with Crippen LogP contribution in [0.5, 0.6) is 0 Å². The lowest BCUT2D eigenvalue weighted by atomic mass is 10.4. The van der Waals surface area contributed by atoms with Gasteiger partial charge >= 0.3 is 0 Å². The highest BCUT2D eigenvalue weighted by Crippen LogP contribution is 2.29. The van der Waals surface area contributed by atoms with Crippen LogP contribution >= 0.6 is 11.6 Å². The lowest BCUT2D eigenvalue weighted by molar-refractivity contribution is 0.0729. The van der Waals surface area contributed by atoms with Crippen LogP contribution in [0, 0.1) is 0 Å². The smallest absolute Gasteiger partial charge is 0.244 e. The Bertz CT molecular complexity index is 831. The number of hydrogen-bond donors (Lipinski definition) is 0. The number of benzene rings is 1. The van der Waals surface area contributed by atoms with Crippen LogP contribution in [0.3, 0.4) is 0 Å². The second-order valence-electron chi connectivity index (χ2n) is 5.63. The van der Waals surface area contributed by atoms with Crippen LogP contribution in [0.2, 0.25) is 5.02 Å². The molecule has 1 aromatic rings. The Morgan fingerprint density at radius 2 is 1.28 bits per heavy atom. The van der Waals surface area contributed by atoms with Crippen LogP contribution < -0.4 is 0 Å². The average Bonchev–Trinajstić information content (AvgIpc) is 2.63.